The van der Waals surface area contributed by atoms with Gasteiger partial charge < -0.3 is 0 Å². The molecule has 0 N–H and O–H groups in total. The summed E-state index contributed by atoms with van der Waals surface area (Å²) in [5.74, 6) is 0.875. The molecule has 0 fully saturated rings. The van der Waals surface area contributed by atoms with Gasteiger partial charge in [-0.25, -0.2) is 0 Å². The first-order valence-corrected chi connectivity index (χ1v) is 25.2. The molecule has 40 heavy (non-hydrogen) atoms. The molecule has 1 aliphatic heterocycles. The van der Waals surface area contributed by atoms with Gasteiger partial charge in [-0.3, -0.25) is 0 Å². The van der Waals surface area contributed by atoms with Crippen LogP contribution in [0.15, 0.2) is 84.4 Å². The molecule has 0 aromatic heterocycles. The average molecular weight is 661 g/mol. The molecule has 0 spiro atoms. The van der Waals surface area contributed by atoms with Crippen LogP contribution >= 0.6 is 17.0 Å². The predicted octanol–water partition coefficient (Wildman–Crippen LogP) is 8.41. The first-order chi connectivity index (χ1) is 19.3. The second-order valence-corrected chi connectivity index (χ2v) is 27.7. The minimum absolute atomic E-state index is 0.114. The summed E-state index contributed by atoms with van der Waals surface area (Å²) in [7, 11) is 15.2. The van der Waals surface area contributed by atoms with Crippen LogP contribution in [0.25, 0.3) is 28.3 Å². The van der Waals surface area contributed by atoms with Gasteiger partial charge in [-0.15, -0.1) is 0 Å². The molecule has 0 bridgehead atoms. The van der Waals surface area contributed by atoms with Crippen LogP contribution in [0.3, 0.4) is 0 Å². The molecule has 2 atom stereocenters. The Labute approximate surface area is 254 Å². The molecule has 0 saturated heterocycles. The van der Waals surface area contributed by atoms with Gasteiger partial charge >= 0.3 is 256 Å². The van der Waals surface area contributed by atoms with Gasteiger partial charge in [0.25, 0.3) is 0 Å². The normalized spacial score (nSPS) is 17.1. The van der Waals surface area contributed by atoms with Crippen LogP contribution in [0, 0.1) is 5.92 Å². The number of aryl methyl sites for hydroxylation is 1. The van der Waals surface area contributed by atoms with E-state index in [2.05, 4.69) is 120 Å². The maximum atomic E-state index is 7.93. The first-order valence-electron chi connectivity index (χ1n) is 14.8. The number of hydrogen-bond donors (Lipinski definition) is 0. The third kappa shape index (κ3) is 4.59. The van der Waals surface area contributed by atoms with Gasteiger partial charge in [-0.2, -0.15) is 0 Å². The van der Waals surface area contributed by atoms with Crippen molar-refractivity contribution < 1.29 is 17.9 Å². The Kier molecular flexibility index (Phi) is 7.94. The van der Waals surface area contributed by atoms with Crippen LogP contribution in [0.5, 0.6) is 0 Å². The van der Waals surface area contributed by atoms with E-state index in [9.17, 15) is 0 Å². The van der Waals surface area contributed by atoms with E-state index in [-0.39, 0.29) is 3.63 Å². The summed E-state index contributed by atoms with van der Waals surface area (Å²) in [6.07, 6.45) is 4.58. The van der Waals surface area contributed by atoms with Crippen LogP contribution in [-0.4, -0.2) is 9.52 Å². The number of halogens is 2. The van der Waals surface area contributed by atoms with Gasteiger partial charge in [0.15, 0.2) is 0 Å². The Morgan fingerprint density at radius 2 is 1.50 bits per heavy atom. The fraction of sp³-hybridized carbons (Fsp3) is 0.278. The van der Waals surface area contributed by atoms with E-state index in [1.807, 2.05) is 0 Å². The fourth-order valence-corrected chi connectivity index (χ4v) is 24.0. The van der Waals surface area contributed by atoms with Crippen molar-refractivity contribution >= 4 is 46.3 Å². The van der Waals surface area contributed by atoms with Gasteiger partial charge in [0, 0.05) is 0 Å². The third-order valence-corrected chi connectivity index (χ3v) is 23.6. The van der Waals surface area contributed by atoms with Crippen LogP contribution < -0.4 is 13.6 Å². The van der Waals surface area contributed by atoms with Crippen LogP contribution in [0.2, 0.25) is 0 Å². The Hall–Kier alpha value is -1.70. The second kappa shape index (κ2) is 11.2. The molecule has 0 amide bonds. The van der Waals surface area contributed by atoms with E-state index in [0.29, 0.717) is 11.8 Å². The summed E-state index contributed by atoms with van der Waals surface area (Å²) in [5, 5.41) is 3.02. The molecule has 2 unspecified atom stereocenters. The summed E-state index contributed by atoms with van der Waals surface area (Å²) >= 11 is -4.01. The van der Waals surface area contributed by atoms with Crippen molar-refractivity contribution in [1.82, 2.24) is 0 Å². The molecule has 4 aromatic rings. The average Bonchev–Trinajstić information content (AvgIpc) is 3.55. The van der Waals surface area contributed by atoms with Crippen LogP contribution in [-0.2, 0) is 24.3 Å². The van der Waals surface area contributed by atoms with Crippen LogP contribution in [0.4, 0.5) is 0 Å². The second-order valence-electron chi connectivity index (χ2n) is 11.9. The standard InChI is InChI=1S/C24H29.C12H9Si.2ClH.Zr/c1-6-17(5)20-14-19-13-12-18(7-2)24(23(19)15-20)22-11-9-8-10-21(22)16(3)4;1-3-7-11-9(5-1)10-6-2-4-8-12(10)13-11;;;/h8-17H,6-7H2,1-5H3;1-7H,13H2;2*1H;/q;;;;+2/p-2. The SMILES string of the molecule is CCc1ccc2c(c1-c1ccccc1C(C)C)C=C(C(C)CC)[CH]2[Zr]([Cl])([Cl])[c]1cccc2c1[SiH2]c1ccccc1-2. The molecule has 1 aliphatic carbocycles. The predicted molar refractivity (Wildman–Crippen MR) is 177 cm³/mol. The zero-order valence-corrected chi connectivity index (χ0v) is 29.6. The molecule has 2 aliphatic rings. The van der Waals surface area contributed by atoms with Gasteiger partial charge in [0.1, 0.15) is 0 Å². The number of rotatable bonds is 7. The van der Waals surface area contributed by atoms with E-state index >= 15 is 0 Å². The topological polar surface area (TPSA) is 0 Å². The Balaban J connectivity index is 1.57. The molecule has 0 saturated carbocycles. The van der Waals surface area contributed by atoms with Gasteiger partial charge in [0.2, 0.25) is 0 Å². The number of fused-ring (bicyclic) bond motifs is 4. The Bertz CT molecular complexity index is 1630. The number of hydrogen-bond acceptors (Lipinski definition) is 0. The van der Waals surface area contributed by atoms with Crippen LogP contribution in [0.1, 0.15) is 72.8 Å². The van der Waals surface area contributed by atoms with Crippen molar-refractivity contribution in [2.24, 2.45) is 5.92 Å². The summed E-state index contributed by atoms with van der Waals surface area (Å²) < 4.78 is 1.43. The molecule has 4 heteroatoms. The Morgan fingerprint density at radius 1 is 0.800 bits per heavy atom. The van der Waals surface area contributed by atoms with Crippen molar-refractivity contribution in [3.8, 4) is 22.3 Å². The monoisotopic (exact) mass is 658 g/mol. The minimum atomic E-state index is -4.01. The molecule has 6 rings (SSSR count). The zero-order valence-electron chi connectivity index (χ0n) is 24.2. The molecule has 204 valence electrons. The molecule has 0 radical (unpaired) electrons. The van der Waals surface area contributed by atoms with Crippen molar-refractivity contribution in [2.75, 3.05) is 0 Å². The van der Waals surface area contributed by atoms with E-state index in [1.54, 1.807) is 0 Å². The zero-order chi connectivity index (χ0) is 28.2. The van der Waals surface area contributed by atoms with E-state index < -0.39 is 27.4 Å². The first kappa shape index (κ1) is 28.4. The van der Waals surface area contributed by atoms with Crippen molar-refractivity contribution in [3.63, 3.8) is 0 Å². The molecular formula is C36H38Cl2SiZr. The van der Waals surface area contributed by atoms with E-state index in [4.69, 9.17) is 17.0 Å². The molecular weight excluding hydrogens is 623 g/mol. The molecule has 1 heterocycles. The molecule has 0 nitrogen and oxygen atoms in total. The van der Waals surface area contributed by atoms with Gasteiger partial charge in [0.05, 0.1) is 0 Å². The number of allylic oxidation sites excluding steroid dienone is 1. The maximum absolute atomic E-state index is 7.93. The fourth-order valence-electron chi connectivity index (χ4n) is 7.05. The number of benzene rings is 4. The summed E-state index contributed by atoms with van der Waals surface area (Å²) in [4.78, 5) is 0. The quantitative estimate of drug-likeness (QED) is 0.154. The summed E-state index contributed by atoms with van der Waals surface area (Å²) in [6.45, 7) is 11.5. The van der Waals surface area contributed by atoms with Crippen molar-refractivity contribution in [1.29, 1.82) is 0 Å². The van der Waals surface area contributed by atoms with E-state index in [0.717, 1.165) is 12.8 Å². The van der Waals surface area contributed by atoms with Gasteiger partial charge in [-0.05, 0) is 0 Å². The van der Waals surface area contributed by atoms with E-state index in [1.165, 1.54) is 63.7 Å². The third-order valence-electron chi connectivity index (χ3n) is 9.31. The molecule has 4 aromatic carbocycles. The van der Waals surface area contributed by atoms with Crippen molar-refractivity contribution in [3.05, 3.63) is 107 Å². The summed E-state index contributed by atoms with van der Waals surface area (Å²) in [5.41, 5.74) is 12.5. The summed E-state index contributed by atoms with van der Waals surface area (Å²) in [6, 6.07) is 29.4. The Morgan fingerprint density at radius 3 is 2.23 bits per heavy atom. The van der Waals surface area contributed by atoms with Crippen molar-refractivity contribution in [2.45, 2.75) is 57.0 Å². The van der Waals surface area contributed by atoms with Gasteiger partial charge in [-0.1, -0.05) is 0 Å².